The van der Waals surface area contributed by atoms with Gasteiger partial charge in [-0.25, -0.2) is 0 Å². The Balaban J connectivity index is 2.26. The second-order valence-electron chi connectivity index (χ2n) is 7.14. The first-order chi connectivity index (χ1) is 11.4. The van der Waals surface area contributed by atoms with Gasteiger partial charge in [-0.1, -0.05) is 37.7 Å². The van der Waals surface area contributed by atoms with Gasteiger partial charge in [0.2, 0.25) is 0 Å². The number of hydrogen-bond donors (Lipinski definition) is 0. The van der Waals surface area contributed by atoms with E-state index in [9.17, 15) is 0 Å². The minimum atomic E-state index is 0.590. The van der Waals surface area contributed by atoms with Gasteiger partial charge in [-0.3, -0.25) is 0 Å². The Kier molecular flexibility index (Phi) is 4.68. The molecule has 0 radical (unpaired) electrons. The van der Waals surface area contributed by atoms with E-state index in [-0.39, 0.29) is 0 Å². The van der Waals surface area contributed by atoms with Crippen LogP contribution in [0.15, 0.2) is 46.2 Å². The molecule has 2 aromatic carbocycles. The first-order valence-corrected chi connectivity index (χ1v) is 9.28. The molecule has 128 valence electrons. The summed E-state index contributed by atoms with van der Waals surface area (Å²) in [6, 6.07) is 13.3. The van der Waals surface area contributed by atoms with Gasteiger partial charge in [-0.05, 0) is 30.2 Å². The van der Waals surface area contributed by atoms with Gasteiger partial charge in [-0.2, -0.15) is 0 Å². The van der Waals surface area contributed by atoms with Crippen LogP contribution in [0.2, 0.25) is 0 Å². The molecule has 0 amide bonds. The molecule has 1 heterocycles. The van der Waals surface area contributed by atoms with Crippen molar-refractivity contribution >= 4 is 34.5 Å². The molecule has 0 aliphatic carbocycles. The zero-order valence-electron chi connectivity index (χ0n) is 15.5. The minimum Gasteiger partial charge on any atom is -0.376 e. The third-order valence-corrected chi connectivity index (χ3v) is 5.33. The van der Waals surface area contributed by atoms with E-state index < -0.39 is 0 Å². The van der Waals surface area contributed by atoms with Crippen LogP contribution < -0.4 is 14.7 Å². The Morgan fingerprint density at radius 2 is 1.62 bits per heavy atom. The molecule has 24 heavy (non-hydrogen) atoms. The summed E-state index contributed by atoms with van der Waals surface area (Å²) >= 11 is 1.88. The van der Waals surface area contributed by atoms with Gasteiger partial charge >= 0.3 is 0 Å². The Hall–Kier alpha value is -1.81. The monoisotopic (exact) mass is 341 g/mol. The van der Waals surface area contributed by atoms with Gasteiger partial charge in [0.25, 0.3) is 0 Å². The Bertz CT molecular complexity index is 738. The quantitative estimate of drug-likeness (QED) is 0.767. The maximum absolute atomic E-state index is 2.51. The predicted octanol–water partition coefficient (Wildman–Crippen LogP) is 5.08. The van der Waals surface area contributed by atoms with Gasteiger partial charge in [0.1, 0.15) is 0 Å². The first-order valence-electron chi connectivity index (χ1n) is 8.46. The van der Waals surface area contributed by atoms with Crippen LogP contribution in [0.3, 0.4) is 0 Å². The highest BCUT2D eigenvalue weighted by molar-refractivity contribution is 7.99. The molecule has 1 aliphatic rings. The van der Waals surface area contributed by atoms with Crippen LogP contribution in [0.25, 0.3) is 0 Å². The highest BCUT2D eigenvalue weighted by Crippen LogP contribution is 2.54. The summed E-state index contributed by atoms with van der Waals surface area (Å²) in [7, 11) is 8.51. The summed E-state index contributed by atoms with van der Waals surface area (Å²) in [4.78, 5) is 9.63. The van der Waals surface area contributed by atoms with Crippen LogP contribution in [0.5, 0.6) is 0 Å². The Morgan fingerprint density at radius 3 is 2.25 bits per heavy atom. The van der Waals surface area contributed by atoms with E-state index in [0.717, 1.165) is 6.54 Å². The molecule has 0 unspecified atom stereocenters. The molecule has 0 aromatic heterocycles. The molecule has 0 N–H and O–H groups in total. The van der Waals surface area contributed by atoms with E-state index in [1.165, 1.54) is 32.5 Å². The van der Waals surface area contributed by atoms with Crippen molar-refractivity contribution in [2.24, 2.45) is 5.92 Å². The molecular weight excluding hydrogens is 314 g/mol. The van der Waals surface area contributed by atoms with Crippen molar-refractivity contribution in [2.45, 2.75) is 23.6 Å². The zero-order chi connectivity index (χ0) is 17.4. The Morgan fingerprint density at radius 1 is 0.917 bits per heavy atom. The lowest BCUT2D eigenvalue weighted by molar-refractivity contribution is 0.646. The van der Waals surface area contributed by atoms with E-state index in [4.69, 9.17) is 0 Å². The average molecular weight is 342 g/mol. The maximum atomic E-state index is 2.51. The van der Waals surface area contributed by atoms with Crippen molar-refractivity contribution in [3.05, 3.63) is 36.4 Å². The number of para-hydroxylation sites is 1. The Labute approximate surface area is 150 Å². The lowest BCUT2D eigenvalue weighted by Crippen LogP contribution is -2.28. The smallest absolute Gasteiger partial charge is 0.0851 e. The fourth-order valence-corrected chi connectivity index (χ4v) is 4.36. The summed E-state index contributed by atoms with van der Waals surface area (Å²) in [5, 5.41) is 0. The third kappa shape index (κ3) is 2.95. The van der Waals surface area contributed by atoms with E-state index >= 15 is 0 Å². The topological polar surface area (TPSA) is 9.72 Å². The molecule has 0 atom stereocenters. The van der Waals surface area contributed by atoms with Crippen molar-refractivity contribution in [1.82, 2.24) is 0 Å². The molecule has 0 bridgehead atoms. The van der Waals surface area contributed by atoms with Crippen molar-refractivity contribution in [2.75, 3.05) is 49.4 Å². The van der Waals surface area contributed by atoms with Crippen molar-refractivity contribution < 1.29 is 0 Å². The van der Waals surface area contributed by atoms with Gasteiger partial charge in [-0.15, -0.1) is 0 Å². The van der Waals surface area contributed by atoms with Crippen molar-refractivity contribution in [1.29, 1.82) is 0 Å². The maximum Gasteiger partial charge on any atom is 0.0851 e. The van der Waals surface area contributed by atoms with Gasteiger partial charge in [0.15, 0.2) is 0 Å². The summed E-state index contributed by atoms with van der Waals surface area (Å²) in [5.41, 5.74) is 5.21. The number of rotatable bonds is 4. The lowest BCUT2D eigenvalue weighted by atomic mass is 10.1. The molecule has 0 saturated heterocycles. The third-order valence-electron chi connectivity index (χ3n) is 4.22. The fraction of sp³-hybridized carbons (Fsp3) is 0.400. The van der Waals surface area contributed by atoms with Gasteiger partial charge in [0, 0.05) is 44.5 Å². The number of benzene rings is 2. The highest BCUT2D eigenvalue weighted by Gasteiger charge is 2.29. The molecule has 1 aliphatic heterocycles. The van der Waals surface area contributed by atoms with Crippen LogP contribution in [-0.4, -0.2) is 34.7 Å². The number of nitrogens with zero attached hydrogens (tertiary/aromatic N) is 3. The molecule has 3 nitrogen and oxygen atoms in total. The van der Waals surface area contributed by atoms with Crippen LogP contribution in [0.1, 0.15) is 13.8 Å². The minimum absolute atomic E-state index is 0.590. The van der Waals surface area contributed by atoms with Crippen molar-refractivity contribution in [3.63, 3.8) is 0 Å². The lowest BCUT2D eigenvalue weighted by Gasteiger charge is -2.38. The van der Waals surface area contributed by atoms with Gasteiger partial charge in [0.05, 0.1) is 22.7 Å². The van der Waals surface area contributed by atoms with Crippen molar-refractivity contribution in [3.8, 4) is 0 Å². The largest absolute Gasteiger partial charge is 0.376 e. The molecule has 2 aromatic rings. The molecule has 0 spiro atoms. The molecule has 0 fully saturated rings. The fourth-order valence-electron chi connectivity index (χ4n) is 3.26. The average Bonchev–Trinajstić information content (AvgIpc) is 2.52. The number of fused-ring (bicyclic) bond motifs is 2. The van der Waals surface area contributed by atoms with Crippen LogP contribution in [0.4, 0.5) is 22.7 Å². The van der Waals surface area contributed by atoms with E-state index in [1.807, 2.05) is 11.8 Å². The second kappa shape index (κ2) is 6.60. The number of hydrogen-bond acceptors (Lipinski definition) is 4. The second-order valence-corrected chi connectivity index (χ2v) is 8.23. The van der Waals surface area contributed by atoms with Crippen LogP contribution in [0, 0.1) is 5.92 Å². The zero-order valence-corrected chi connectivity index (χ0v) is 16.3. The number of anilines is 4. The summed E-state index contributed by atoms with van der Waals surface area (Å²) in [6.45, 7) is 5.59. The molecule has 4 heteroatoms. The first kappa shape index (κ1) is 17.0. The summed E-state index contributed by atoms with van der Waals surface area (Å²) < 4.78 is 0. The molecule has 0 saturated carbocycles. The van der Waals surface area contributed by atoms with Crippen LogP contribution >= 0.6 is 11.8 Å². The summed E-state index contributed by atoms with van der Waals surface area (Å²) in [6.07, 6.45) is 0. The summed E-state index contributed by atoms with van der Waals surface area (Å²) in [5.74, 6) is 0.590. The van der Waals surface area contributed by atoms with Crippen LogP contribution in [-0.2, 0) is 0 Å². The normalized spacial score (nSPS) is 12.9. The predicted molar refractivity (Wildman–Crippen MR) is 108 cm³/mol. The standard InChI is InChI=1S/C20H27N3S/c1-14(2)13-23-15-9-7-8-10-17(15)24-18-12-11-16(21(3)4)19(20(18)23)22(5)6/h7-12,14H,13H2,1-6H3. The highest BCUT2D eigenvalue weighted by atomic mass is 32.2. The SMILES string of the molecule is CC(C)CN1c2ccccc2Sc2ccc(N(C)C)c(N(C)C)c21. The molecule has 3 rings (SSSR count). The molecular formula is C20H27N3S. The van der Waals surface area contributed by atoms with E-state index in [1.54, 1.807) is 0 Å². The van der Waals surface area contributed by atoms with E-state index in [2.05, 4.69) is 93.1 Å². The van der Waals surface area contributed by atoms with Gasteiger partial charge < -0.3 is 14.7 Å². The van der Waals surface area contributed by atoms with E-state index in [0.29, 0.717) is 5.92 Å².